The molecule has 3 N–H and O–H groups in total. The van der Waals surface area contributed by atoms with Gasteiger partial charge in [0.1, 0.15) is 0 Å². The molecule has 0 radical (unpaired) electrons. The molecule has 4 nitrogen and oxygen atoms in total. The molecule has 0 saturated heterocycles. The number of nitrogens with two attached hydrogens (primary N) is 1. The fourth-order valence-corrected chi connectivity index (χ4v) is 2.28. The van der Waals surface area contributed by atoms with Gasteiger partial charge in [-0.2, -0.15) is 0 Å². The molecule has 0 aliphatic carbocycles. The maximum Gasteiger partial charge on any atom is 0.237 e. The van der Waals surface area contributed by atoms with Crippen molar-refractivity contribution in [1.29, 1.82) is 0 Å². The van der Waals surface area contributed by atoms with Gasteiger partial charge in [0.05, 0.1) is 11.6 Å². The zero-order valence-electron chi connectivity index (χ0n) is 13.8. The molecule has 0 bridgehead atoms. The lowest BCUT2D eigenvalue weighted by molar-refractivity contribution is -0.125. The maximum atomic E-state index is 11.6. The van der Waals surface area contributed by atoms with Gasteiger partial charge in [-0.1, -0.05) is 39.5 Å². The van der Waals surface area contributed by atoms with Crippen molar-refractivity contribution in [2.75, 3.05) is 13.2 Å². The Morgan fingerprint density at radius 3 is 2.40 bits per heavy atom. The van der Waals surface area contributed by atoms with Crippen LogP contribution >= 0.6 is 0 Å². The lowest BCUT2D eigenvalue weighted by Gasteiger charge is -2.30. The Bertz CT molecular complexity index is 259. The van der Waals surface area contributed by atoms with Crippen LogP contribution in [-0.4, -0.2) is 30.7 Å². The number of unbranched alkanes of at least 4 members (excludes halogenated alkanes) is 4. The molecule has 0 spiro atoms. The third kappa shape index (κ3) is 8.54. The van der Waals surface area contributed by atoms with Crippen LogP contribution < -0.4 is 11.1 Å². The van der Waals surface area contributed by atoms with Gasteiger partial charge in [0.15, 0.2) is 0 Å². The van der Waals surface area contributed by atoms with Gasteiger partial charge in [-0.05, 0) is 33.2 Å². The van der Waals surface area contributed by atoms with Crippen LogP contribution in [0.5, 0.6) is 0 Å². The van der Waals surface area contributed by atoms with E-state index in [1.807, 2.05) is 13.8 Å². The molecular formula is C16H34N2O2. The smallest absolute Gasteiger partial charge is 0.237 e. The van der Waals surface area contributed by atoms with Gasteiger partial charge < -0.3 is 15.8 Å². The highest BCUT2D eigenvalue weighted by Gasteiger charge is 2.32. The Balaban J connectivity index is 3.95. The van der Waals surface area contributed by atoms with E-state index < -0.39 is 5.54 Å². The highest BCUT2D eigenvalue weighted by Crippen LogP contribution is 2.15. The molecule has 0 aliphatic heterocycles. The summed E-state index contributed by atoms with van der Waals surface area (Å²) in [5.41, 5.74) is 4.84. The van der Waals surface area contributed by atoms with Gasteiger partial charge in [0.25, 0.3) is 0 Å². The second kappa shape index (κ2) is 11.1. The Kier molecular flexibility index (Phi) is 10.8. The zero-order valence-corrected chi connectivity index (χ0v) is 13.8. The Morgan fingerprint density at radius 2 is 1.85 bits per heavy atom. The molecule has 4 heteroatoms. The van der Waals surface area contributed by atoms with E-state index in [-0.39, 0.29) is 12.0 Å². The van der Waals surface area contributed by atoms with Crippen molar-refractivity contribution in [3.8, 4) is 0 Å². The number of hydrogen-bond acceptors (Lipinski definition) is 3. The molecule has 1 amide bonds. The SMILES string of the molecule is CCCCCCCOC(C)CC(C)(NCCC)C(N)=O. The van der Waals surface area contributed by atoms with Crippen LogP contribution in [-0.2, 0) is 9.53 Å². The Morgan fingerprint density at radius 1 is 1.20 bits per heavy atom. The predicted octanol–water partition coefficient (Wildman–Crippen LogP) is 3.00. The van der Waals surface area contributed by atoms with Gasteiger partial charge in [0, 0.05) is 13.0 Å². The summed E-state index contributed by atoms with van der Waals surface area (Å²) in [6, 6.07) is 0. The van der Waals surface area contributed by atoms with Crippen LogP contribution in [0.15, 0.2) is 0 Å². The summed E-state index contributed by atoms with van der Waals surface area (Å²) in [6.45, 7) is 9.74. The topological polar surface area (TPSA) is 64.3 Å². The molecule has 0 fully saturated rings. The van der Waals surface area contributed by atoms with Crippen molar-refractivity contribution in [1.82, 2.24) is 5.32 Å². The summed E-state index contributed by atoms with van der Waals surface area (Å²) >= 11 is 0. The predicted molar refractivity (Wildman–Crippen MR) is 84.7 cm³/mol. The maximum absolute atomic E-state index is 11.6. The standard InChI is InChI=1S/C16H34N2O2/c1-5-7-8-9-10-12-20-14(3)13-16(4,15(17)19)18-11-6-2/h14,18H,5-13H2,1-4H3,(H2,17,19). The first kappa shape index (κ1) is 19.4. The van der Waals surface area contributed by atoms with Crippen LogP contribution in [0.2, 0.25) is 0 Å². The minimum Gasteiger partial charge on any atom is -0.378 e. The molecule has 20 heavy (non-hydrogen) atoms. The van der Waals surface area contributed by atoms with Crippen LogP contribution in [0.3, 0.4) is 0 Å². The molecule has 120 valence electrons. The second-order valence-electron chi connectivity index (χ2n) is 5.92. The van der Waals surface area contributed by atoms with E-state index in [2.05, 4.69) is 19.2 Å². The molecule has 0 rings (SSSR count). The molecule has 0 saturated carbocycles. The number of rotatable bonds is 13. The van der Waals surface area contributed by atoms with Crippen LogP contribution in [0.4, 0.5) is 0 Å². The summed E-state index contributed by atoms with van der Waals surface area (Å²) in [7, 11) is 0. The fraction of sp³-hybridized carbons (Fsp3) is 0.938. The van der Waals surface area contributed by atoms with E-state index in [1.165, 1.54) is 25.7 Å². The van der Waals surface area contributed by atoms with E-state index in [9.17, 15) is 4.79 Å². The van der Waals surface area contributed by atoms with Crippen LogP contribution in [0.1, 0.15) is 72.6 Å². The first-order chi connectivity index (χ1) is 9.46. The van der Waals surface area contributed by atoms with Crippen LogP contribution in [0.25, 0.3) is 0 Å². The highest BCUT2D eigenvalue weighted by molar-refractivity contribution is 5.84. The quantitative estimate of drug-likeness (QED) is 0.512. The number of nitrogens with one attached hydrogen (secondary N) is 1. The summed E-state index contributed by atoms with van der Waals surface area (Å²) < 4.78 is 5.80. The van der Waals surface area contributed by atoms with Crippen molar-refractivity contribution in [3.63, 3.8) is 0 Å². The zero-order chi connectivity index (χ0) is 15.4. The molecule has 0 aliphatic rings. The Hall–Kier alpha value is -0.610. The lowest BCUT2D eigenvalue weighted by atomic mass is 9.93. The number of primary amides is 1. The molecular weight excluding hydrogens is 252 g/mol. The molecule has 0 aromatic heterocycles. The van der Waals surface area contributed by atoms with E-state index in [1.54, 1.807) is 0 Å². The number of carbonyl (C=O) groups is 1. The van der Waals surface area contributed by atoms with Gasteiger partial charge >= 0.3 is 0 Å². The highest BCUT2D eigenvalue weighted by atomic mass is 16.5. The summed E-state index contributed by atoms with van der Waals surface area (Å²) in [5.74, 6) is -0.302. The minimum atomic E-state index is -0.669. The molecule has 0 aromatic rings. The molecule has 0 aromatic carbocycles. The first-order valence-corrected chi connectivity index (χ1v) is 8.12. The van der Waals surface area contributed by atoms with Crippen molar-refractivity contribution >= 4 is 5.91 Å². The van der Waals surface area contributed by atoms with Crippen LogP contribution in [0, 0.1) is 0 Å². The van der Waals surface area contributed by atoms with Crippen molar-refractivity contribution in [2.45, 2.75) is 84.3 Å². The first-order valence-electron chi connectivity index (χ1n) is 8.12. The van der Waals surface area contributed by atoms with E-state index >= 15 is 0 Å². The average Bonchev–Trinajstić information content (AvgIpc) is 2.40. The summed E-state index contributed by atoms with van der Waals surface area (Å²) in [6.07, 6.45) is 7.82. The largest absolute Gasteiger partial charge is 0.378 e. The lowest BCUT2D eigenvalue weighted by Crippen LogP contribution is -2.55. The Labute approximate surface area is 124 Å². The fourth-order valence-electron chi connectivity index (χ4n) is 2.28. The van der Waals surface area contributed by atoms with Gasteiger partial charge in [-0.3, -0.25) is 4.79 Å². The molecule has 2 unspecified atom stereocenters. The van der Waals surface area contributed by atoms with Gasteiger partial charge in [0.2, 0.25) is 5.91 Å². The molecule has 0 heterocycles. The normalized spacial score (nSPS) is 15.8. The molecule has 2 atom stereocenters. The van der Waals surface area contributed by atoms with Crippen molar-refractivity contribution in [3.05, 3.63) is 0 Å². The number of hydrogen-bond donors (Lipinski definition) is 2. The van der Waals surface area contributed by atoms with Gasteiger partial charge in [-0.25, -0.2) is 0 Å². The average molecular weight is 286 g/mol. The summed E-state index contributed by atoms with van der Waals surface area (Å²) in [5, 5.41) is 3.24. The van der Waals surface area contributed by atoms with Crippen molar-refractivity contribution in [2.24, 2.45) is 5.73 Å². The second-order valence-corrected chi connectivity index (χ2v) is 5.92. The van der Waals surface area contributed by atoms with Gasteiger partial charge in [-0.15, -0.1) is 0 Å². The minimum absolute atomic E-state index is 0.0445. The van der Waals surface area contributed by atoms with E-state index in [0.29, 0.717) is 6.42 Å². The summed E-state index contributed by atoms with van der Waals surface area (Å²) in [4.78, 5) is 11.6. The third-order valence-corrected chi connectivity index (χ3v) is 3.65. The van der Waals surface area contributed by atoms with E-state index in [0.717, 1.165) is 26.0 Å². The van der Waals surface area contributed by atoms with Crippen molar-refractivity contribution < 1.29 is 9.53 Å². The number of ether oxygens (including phenoxy) is 1. The monoisotopic (exact) mass is 286 g/mol. The third-order valence-electron chi connectivity index (χ3n) is 3.65. The number of amides is 1. The van der Waals surface area contributed by atoms with E-state index in [4.69, 9.17) is 10.5 Å². The number of carbonyl (C=O) groups excluding carboxylic acids is 1.